The predicted octanol–water partition coefficient (Wildman–Crippen LogP) is 4.09. The summed E-state index contributed by atoms with van der Waals surface area (Å²) < 4.78 is 5.53. The van der Waals surface area contributed by atoms with Gasteiger partial charge in [-0.3, -0.25) is 9.59 Å². The Kier molecular flexibility index (Phi) is 9.09. The van der Waals surface area contributed by atoms with E-state index in [1.54, 1.807) is 4.90 Å². The topological polar surface area (TPSA) is 99.8 Å². The maximum atomic E-state index is 13.0. The number of carbonyl (C=O) groups excluding carboxylic acids is 3. The zero-order valence-corrected chi connectivity index (χ0v) is 24.5. The van der Waals surface area contributed by atoms with Crippen LogP contribution in [0.4, 0.5) is 4.79 Å². The third-order valence-electron chi connectivity index (χ3n) is 10.2. The number of nitrogens with one attached hydrogen (secondary N) is 3. The molecule has 3 aliphatic carbocycles. The van der Waals surface area contributed by atoms with Crippen LogP contribution in [0.25, 0.3) is 0 Å². The Bertz CT molecular complexity index is 880. The lowest BCUT2D eigenvalue weighted by Gasteiger charge is -2.39. The van der Waals surface area contributed by atoms with Gasteiger partial charge in [0, 0.05) is 37.5 Å². The van der Waals surface area contributed by atoms with Crippen LogP contribution in [0.1, 0.15) is 91.4 Å². The van der Waals surface area contributed by atoms with Crippen molar-refractivity contribution in [3.63, 3.8) is 0 Å². The maximum absolute atomic E-state index is 13.0. The van der Waals surface area contributed by atoms with Gasteiger partial charge in [0.25, 0.3) is 0 Å². The highest BCUT2D eigenvalue weighted by atomic mass is 16.6. The summed E-state index contributed by atoms with van der Waals surface area (Å²) in [7, 11) is 0. The molecular formula is C31H52N4O4. The molecule has 0 bridgehead atoms. The monoisotopic (exact) mass is 544 g/mol. The van der Waals surface area contributed by atoms with Crippen LogP contribution in [-0.2, 0) is 14.3 Å². The van der Waals surface area contributed by atoms with Gasteiger partial charge < -0.3 is 25.6 Å². The summed E-state index contributed by atoms with van der Waals surface area (Å²) in [6.45, 7) is 9.95. The van der Waals surface area contributed by atoms with Crippen molar-refractivity contribution in [1.29, 1.82) is 0 Å². The Hall–Kier alpha value is -1.83. The normalized spacial score (nSPS) is 36.8. The van der Waals surface area contributed by atoms with Gasteiger partial charge in [0.2, 0.25) is 11.8 Å². The second-order valence-electron chi connectivity index (χ2n) is 14.3. The van der Waals surface area contributed by atoms with Gasteiger partial charge in [-0.1, -0.05) is 0 Å². The third kappa shape index (κ3) is 7.68. The van der Waals surface area contributed by atoms with E-state index in [4.69, 9.17) is 4.74 Å². The predicted molar refractivity (Wildman–Crippen MR) is 151 cm³/mol. The molecule has 2 heterocycles. The Balaban J connectivity index is 0.981. The number of hydrogen-bond donors (Lipinski definition) is 3. The summed E-state index contributed by atoms with van der Waals surface area (Å²) in [5.41, 5.74) is -0.492. The van der Waals surface area contributed by atoms with Crippen LogP contribution >= 0.6 is 0 Å². The molecule has 0 radical (unpaired) electrons. The van der Waals surface area contributed by atoms with Crippen molar-refractivity contribution in [3.05, 3.63) is 0 Å². The van der Waals surface area contributed by atoms with Crippen LogP contribution in [0.2, 0.25) is 0 Å². The molecule has 2 aliphatic heterocycles. The van der Waals surface area contributed by atoms with Crippen molar-refractivity contribution in [2.24, 2.45) is 41.4 Å². The molecule has 2 saturated heterocycles. The lowest BCUT2D eigenvalue weighted by Crippen LogP contribution is -2.46. The number of ether oxygens (including phenoxy) is 1. The Labute approximate surface area is 235 Å². The number of fused-ring (bicyclic) bond motifs is 1. The van der Waals surface area contributed by atoms with Gasteiger partial charge in [-0.2, -0.15) is 0 Å². The first-order chi connectivity index (χ1) is 18.7. The van der Waals surface area contributed by atoms with E-state index in [2.05, 4.69) is 16.0 Å². The summed E-state index contributed by atoms with van der Waals surface area (Å²) in [6.07, 6.45) is 11.5. The van der Waals surface area contributed by atoms with Gasteiger partial charge in [0.1, 0.15) is 5.60 Å². The molecule has 3 unspecified atom stereocenters. The average Bonchev–Trinajstić information content (AvgIpc) is 3.72. The van der Waals surface area contributed by atoms with Crippen molar-refractivity contribution in [2.75, 3.05) is 32.7 Å². The van der Waals surface area contributed by atoms with E-state index in [1.165, 1.54) is 12.8 Å². The van der Waals surface area contributed by atoms with E-state index < -0.39 is 5.60 Å². The minimum absolute atomic E-state index is 0.0815. The van der Waals surface area contributed by atoms with Gasteiger partial charge >= 0.3 is 6.09 Å². The molecule has 0 aromatic carbocycles. The number of carbonyl (C=O) groups is 3. The van der Waals surface area contributed by atoms with Crippen molar-refractivity contribution < 1.29 is 19.1 Å². The van der Waals surface area contributed by atoms with Gasteiger partial charge in [0.15, 0.2) is 0 Å². The Morgan fingerprint density at radius 3 is 2.44 bits per heavy atom. The van der Waals surface area contributed by atoms with Gasteiger partial charge in [-0.25, -0.2) is 4.79 Å². The van der Waals surface area contributed by atoms with Crippen LogP contribution in [0.3, 0.4) is 0 Å². The fourth-order valence-electron chi connectivity index (χ4n) is 7.92. The van der Waals surface area contributed by atoms with Gasteiger partial charge in [-0.05, 0) is 134 Å². The smallest absolute Gasteiger partial charge is 0.410 e. The molecule has 0 aromatic rings. The highest BCUT2D eigenvalue weighted by Gasteiger charge is 2.49. The first-order valence-electron chi connectivity index (χ1n) is 15.9. The number of nitrogens with zero attached hydrogens (tertiary/aromatic N) is 1. The number of amides is 3. The molecule has 39 heavy (non-hydrogen) atoms. The summed E-state index contributed by atoms with van der Waals surface area (Å²) in [4.78, 5) is 40.2. The van der Waals surface area contributed by atoms with Crippen LogP contribution in [0, 0.1) is 41.4 Å². The van der Waals surface area contributed by atoms with Crippen LogP contribution in [0.5, 0.6) is 0 Å². The zero-order valence-electron chi connectivity index (χ0n) is 24.5. The van der Waals surface area contributed by atoms with Crippen molar-refractivity contribution in [3.8, 4) is 0 Å². The fraction of sp³-hybridized carbons (Fsp3) is 0.903. The van der Waals surface area contributed by atoms with E-state index in [1.807, 2.05) is 20.8 Å². The van der Waals surface area contributed by atoms with E-state index in [-0.39, 0.29) is 29.8 Å². The molecule has 6 atom stereocenters. The van der Waals surface area contributed by atoms with E-state index in [0.29, 0.717) is 36.9 Å². The Morgan fingerprint density at radius 1 is 0.897 bits per heavy atom. The van der Waals surface area contributed by atoms with Gasteiger partial charge in [0.05, 0.1) is 0 Å². The first kappa shape index (κ1) is 28.7. The van der Waals surface area contributed by atoms with Gasteiger partial charge in [-0.15, -0.1) is 0 Å². The van der Waals surface area contributed by atoms with Crippen molar-refractivity contribution in [1.82, 2.24) is 20.9 Å². The molecule has 0 aromatic heterocycles. The standard InChI is InChI=1S/C31H52N4O4/c1-31(2,3)39-30(38)35-14-4-5-20(19-35)17-33-28(36)22-8-6-21(7-9-22)26-16-27(26)29(37)34-25-11-10-24-18-32-13-12-23(24)15-25/h20-27,32H,4-19H2,1-3H3,(H,33,36)(H,34,37)/t20-,21?,22?,23?,24?,25?,26-,27+/m0/s1. The molecule has 5 fully saturated rings. The lowest BCUT2D eigenvalue weighted by atomic mass is 9.73. The molecule has 3 saturated carbocycles. The highest BCUT2D eigenvalue weighted by Crippen LogP contribution is 2.50. The minimum atomic E-state index is -0.492. The van der Waals surface area contributed by atoms with Crippen molar-refractivity contribution >= 4 is 17.9 Å². The number of likely N-dealkylation sites (tertiary alicyclic amines) is 1. The zero-order chi connectivity index (χ0) is 27.6. The summed E-state index contributed by atoms with van der Waals surface area (Å²) in [6, 6.07) is 0.373. The second-order valence-corrected chi connectivity index (χ2v) is 14.3. The minimum Gasteiger partial charge on any atom is -0.444 e. The largest absolute Gasteiger partial charge is 0.444 e. The highest BCUT2D eigenvalue weighted by molar-refractivity contribution is 5.82. The molecular weight excluding hydrogens is 492 g/mol. The molecule has 3 amide bonds. The molecule has 0 spiro atoms. The number of rotatable bonds is 6. The Morgan fingerprint density at radius 2 is 1.67 bits per heavy atom. The molecule has 3 N–H and O–H groups in total. The van der Waals surface area contributed by atoms with Crippen LogP contribution in [-0.4, -0.2) is 67.2 Å². The molecule has 8 nitrogen and oxygen atoms in total. The van der Waals surface area contributed by atoms with E-state index in [0.717, 1.165) is 89.3 Å². The molecule has 8 heteroatoms. The second kappa shape index (κ2) is 12.4. The quantitative estimate of drug-likeness (QED) is 0.468. The lowest BCUT2D eigenvalue weighted by molar-refractivity contribution is -0.127. The van der Waals surface area contributed by atoms with E-state index >= 15 is 0 Å². The number of hydrogen-bond acceptors (Lipinski definition) is 5. The van der Waals surface area contributed by atoms with Crippen LogP contribution < -0.4 is 16.0 Å². The SMILES string of the molecule is CC(C)(C)OC(=O)N1CCC[C@@H](CNC(=O)C2CCC([C@@H]3C[C@H]3C(=O)NC3CCC4CNCCC4C3)CC2)C1. The first-order valence-corrected chi connectivity index (χ1v) is 15.9. The summed E-state index contributed by atoms with van der Waals surface area (Å²) in [5.74, 6) is 3.72. The number of piperidine rings is 2. The summed E-state index contributed by atoms with van der Waals surface area (Å²) in [5, 5.41) is 10.1. The fourth-order valence-corrected chi connectivity index (χ4v) is 7.92. The maximum Gasteiger partial charge on any atom is 0.410 e. The summed E-state index contributed by atoms with van der Waals surface area (Å²) >= 11 is 0. The average molecular weight is 545 g/mol. The molecule has 5 rings (SSSR count). The van der Waals surface area contributed by atoms with E-state index in [9.17, 15) is 14.4 Å². The third-order valence-corrected chi connectivity index (χ3v) is 10.2. The molecule has 5 aliphatic rings. The van der Waals surface area contributed by atoms with Crippen LogP contribution in [0.15, 0.2) is 0 Å². The molecule has 220 valence electrons. The van der Waals surface area contributed by atoms with Crippen molar-refractivity contribution in [2.45, 2.75) is 103 Å².